The fourth-order valence-electron chi connectivity index (χ4n) is 2.86. The number of ether oxygens (including phenoxy) is 2. The van der Waals surface area contributed by atoms with Gasteiger partial charge >= 0.3 is 0 Å². The maximum atomic E-state index is 12.5. The third-order valence-corrected chi connectivity index (χ3v) is 4.38. The van der Waals surface area contributed by atoms with Gasteiger partial charge in [-0.05, 0) is 36.4 Å². The maximum absolute atomic E-state index is 12.5. The molecule has 1 N–H and O–H groups in total. The number of amides is 2. The predicted octanol–water partition coefficient (Wildman–Crippen LogP) is 3.11. The lowest BCUT2D eigenvalue weighted by Crippen LogP contribution is -2.39. The number of anilines is 1. The molecule has 29 heavy (non-hydrogen) atoms. The zero-order chi connectivity index (χ0) is 20.6. The Balaban J connectivity index is 1.56. The van der Waals surface area contributed by atoms with Crippen molar-refractivity contribution in [2.75, 3.05) is 32.1 Å². The number of nitrogens with one attached hydrogen (secondary N) is 1. The van der Waals surface area contributed by atoms with E-state index in [0.717, 1.165) is 11.1 Å². The largest absolute Gasteiger partial charge is 0.497 e. The Morgan fingerprint density at radius 2 is 1.76 bits per heavy atom. The van der Waals surface area contributed by atoms with E-state index in [2.05, 4.69) is 10.3 Å². The number of pyridine rings is 1. The molecule has 0 aliphatic carbocycles. The van der Waals surface area contributed by atoms with Gasteiger partial charge < -0.3 is 19.7 Å². The number of carbonyl (C=O) groups is 2. The third-order valence-electron chi connectivity index (χ3n) is 4.38. The molecule has 0 spiro atoms. The molecule has 1 aromatic heterocycles. The minimum atomic E-state index is -0.289. The van der Waals surface area contributed by atoms with Gasteiger partial charge in [-0.2, -0.15) is 0 Å². The summed E-state index contributed by atoms with van der Waals surface area (Å²) < 4.78 is 10.8. The van der Waals surface area contributed by atoms with Crippen molar-refractivity contribution >= 4 is 28.4 Å². The molecular formula is C22H23N3O4. The highest BCUT2D eigenvalue weighted by Gasteiger charge is 2.15. The molecule has 3 rings (SSSR count). The van der Waals surface area contributed by atoms with Crippen LogP contribution in [-0.4, -0.2) is 48.5 Å². The Morgan fingerprint density at radius 1 is 1.03 bits per heavy atom. The maximum Gasteiger partial charge on any atom is 0.244 e. The summed E-state index contributed by atoms with van der Waals surface area (Å²) in [5.74, 6) is 0.917. The quantitative estimate of drug-likeness (QED) is 0.636. The van der Waals surface area contributed by atoms with Crippen LogP contribution >= 0.6 is 0 Å². The van der Waals surface area contributed by atoms with E-state index in [1.165, 1.54) is 11.8 Å². The first kappa shape index (κ1) is 20.1. The van der Waals surface area contributed by atoms with Crippen LogP contribution in [0.3, 0.4) is 0 Å². The smallest absolute Gasteiger partial charge is 0.244 e. The summed E-state index contributed by atoms with van der Waals surface area (Å²) in [5.41, 5.74) is 1.33. The molecule has 0 aliphatic heterocycles. The van der Waals surface area contributed by atoms with E-state index >= 15 is 0 Å². The van der Waals surface area contributed by atoms with Gasteiger partial charge in [0.2, 0.25) is 11.8 Å². The van der Waals surface area contributed by atoms with Gasteiger partial charge in [0.1, 0.15) is 18.1 Å². The number of fused-ring (bicyclic) bond motifs is 1. The van der Waals surface area contributed by atoms with E-state index < -0.39 is 0 Å². The molecular weight excluding hydrogens is 370 g/mol. The van der Waals surface area contributed by atoms with E-state index in [0.29, 0.717) is 23.5 Å². The number of para-hydroxylation sites is 1. The minimum Gasteiger partial charge on any atom is -0.497 e. The third kappa shape index (κ3) is 5.44. The molecule has 0 aliphatic rings. The lowest BCUT2D eigenvalue weighted by molar-refractivity contribution is -0.133. The summed E-state index contributed by atoms with van der Waals surface area (Å²) in [6, 6.07) is 16.5. The van der Waals surface area contributed by atoms with Gasteiger partial charge in [-0.25, -0.2) is 0 Å². The van der Waals surface area contributed by atoms with E-state index in [1.54, 1.807) is 43.6 Å². The van der Waals surface area contributed by atoms with Crippen LogP contribution in [-0.2, 0) is 9.59 Å². The second-order valence-electron chi connectivity index (χ2n) is 6.39. The Labute approximate surface area is 169 Å². The Hall–Kier alpha value is -3.61. The number of nitrogens with zero attached hydrogens (tertiary/aromatic N) is 2. The number of rotatable bonds is 8. The van der Waals surface area contributed by atoms with Crippen molar-refractivity contribution in [1.29, 1.82) is 0 Å². The molecule has 0 saturated carbocycles. The molecule has 0 radical (unpaired) electrons. The molecule has 150 valence electrons. The van der Waals surface area contributed by atoms with E-state index in [-0.39, 0.29) is 25.0 Å². The highest BCUT2D eigenvalue weighted by molar-refractivity contribution is 6.01. The highest BCUT2D eigenvalue weighted by atomic mass is 16.5. The standard InChI is InChI=1S/C22H23N3O4/c1-16(26)25(13-14-29-19-10-8-18(28-2)9-11-19)15-21(27)24-20-7-3-5-17-6-4-12-23-22(17)20/h3-12H,13-15H2,1-2H3,(H,24,27). The molecule has 0 atom stereocenters. The van der Waals surface area contributed by atoms with Crippen molar-refractivity contribution in [1.82, 2.24) is 9.88 Å². The number of methoxy groups -OCH3 is 1. The zero-order valence-corrected chi connectivity index (χ0v) is 16.4. The molecule has 0 fully saturated rings. The number of carbonyl (C=O) groups excluding carboxylic acids is 2. The van der Waals surface area contributed by atoms with Gasteiger partial charge in [-0.3, -0.25) is 14.6 Å². The van der Waals surface area contributed by atoms with Gasteiger partial charge in [0.25, 0.3) is 0 Å². The van der Waals surface area contributed by atoms with Gasteiger partial charge in [0.15, 0.2) is 0 Å². The lowest BCUT2D eigenvalue weighted by Gasteiger charge is -2.21. The fraction of sp³-hybridized carbons (Fsp3) is 0.227. The van der Waals surface area contributed by atoms with Crippen LogP contribution in [0.2, 0.25) is 0 Å². The van der Waals surface area contributed by atoms with Crippen LogP contribution in [0.25, 0.3) is 10.9 Å². The van der Waals surface area contributed by atoms with E-state index in [9.17, 15) is 9.59 Å². The molecule has 7 nitrogen and oxygen atoms in total. The predicted molar refractivity (Wildman–Crippen MR) is 111 cm³/mol. The second kappa shape index (κ2) is 9.54. The van der Waals surface area contributed by atoms with Crippen LogP contribution in [0, 0.1) is 0 Å². The van der Waals surface area contributed by atoms with Gasteiger partial charge in [-0.1, -0.05) is 18.2 Å². The first-order valence-corrected chi connectivity index (χ1v) is 9.23. The average molecular weight is 393 g/mol. The second-order valence-corrected chi connectivity index (χ2v) is 6.39. The summed E-state index contributed by atoms with van der Waals surface area (Å²) >= 11 is 0. The molecule has 7 heteroatoms. The van der Waals surface area contributed by atoms with Crippen LogP contribution in [0.15, 0.2) is 60.8 Å². The molecule has 0 saturated heterocycles. The van der Waals surface area contributed by atoms with Crippen LogP contribution in [0.4, 0.5) is 5.69 Å². The van der Waals surface area contributed by atoms with Crippen LogP contribution in [0.5, 0.6) is 11.5 Å². The summed E-state index contributed by atoms with van der Waals surface area (Å²) in [4.78, 5) is 30.2. The molecule has 3 aromatic rings. The van der Waals surface area contributed by atoms with E-state index in [1.807, 2.05) is 24.3 Å². The van der Waals surface area contributed by atoms with Crippen molar-refractivity contribution < 1.29 is 19.1 Å². The summed E-state index contributed by atoms with van der Waals surface area (Å²) in [6.45, 7) is 1.93. The van der Waals surface area contributed by atoms with Crippen molar-refractivity contribution in [2.45, 2.75) is 6.92 Å². The van der Waals surface area contributed by atoms with Crippen LogP contribution < -0.4 is 14.8 Å². The van der Waals surface area contributed by atoms with Crippen LogP contribution in [0.1, 0.15) is 6.92 Å². The van der Waals surface area contributed by atoms with Gasteiger partial charge in [0, 0.05) is 18.5 Å². The van der Waals surface area contributed by atoms with Crippen molar-refractivity contribution in [3.8, 4) is 11.5 Å². The van der Waals surface area contributed by atoms with Crippen molar-refractivity contribution in [3.05, 3.63) is 60.8 Å². The van der Waals surface area contributed by atoms with Gasteiger partial charge in [-0.15, -0.1) is 0 Å². The van der Waals surface area contributed by atoms with Crippen molar-refractivity contribution in [2.24, 2.45) is 0 Å². The fourth-order valence-corrected chi connectivity index (χ4v) is 2.86. The minimum absolute atomic E-state index is 0.0650. The molecule has 2 aromatic carbocycles. The molecule has 1 heterocycles. The van der Waals surface area contributed by atoms with Crippen molar-refractivity contribution in [3.63, 3.8) is 0 Å². The highest BCUT2D eigenvalue weighted by Crippen LogP contribution is 2.20. The molecule has 0 unspecified atom stereocenters. The first-order valence-electron chi connectivity index (χ1n) is 9.23. The molecule has 0 bridgehead atoms. The Bertz CT molecular complexity index is 984. The average Bonchev–Trinajstić information content (AvgIpc) is 2.73. The molecule has 2 amide bonds. The number of hydrogen-bond donors (Lipinski definition) is 1. The normalized spacial score (nSPS) is 10.4. The number of aromatic nitrogens is 1. The number of hydrogen-bond acceptors (Lipinski definition) is 5. The van der Waals surface area contributed by atoms with E-state index in [4.69, 9.17) is 9.47 Å². The topological polar surface area (TPSA) is 80.8 Å². The number of benzene rings is 2. The Kier molecular flexibility index (Phi) is 6.63. The SMILES string of the molecule is COc1ccc(OCCN(CC(=O)Nc2cccc3cccnc23)C(C)=O)cc1. The zero-order valence-electron chi connectivity index (χ0n) is 16.4. The Morgan fingerprint density at radius 3 is 2.48 bits per heavy atom. The summed E-state index contributed by atoms with van der Waals surface area (Å²) in [5, 5.41) is 3.77. The lowest BCUT2D eigenvalue weighted by atomic mass is 10.2. The summed E-state index contributed by atoms with van der Waals surface area (Å²) in [7, 11) is 1.60. The monoisotopic (exact) mass is 393 g/mol. The van der Waals surface area contributed by atoms with Gasteiger partial charge in [0.05, 0.1) is 31.4 Å². The first-order chi connectivity index (χ1) is 14.1. The summed E-state index contributed by atoms with van der Waals surface area (Å²) in [6.07, 6.45) is 1.68.